The fourth-order valence-electron chi connectivity index (χ4n) is 2.88. The van der Waals surface area contributed by atoms with Crippen LogP contribution < -0.4 is 10.2 Å². The summed E-state index contributed by atoms with van der Waals surface area (Å²) in [4.78, 5) is 27.4. The first kappa shape index (κ1) is 17.4. The van der Waals surface area contributed by atoms with Crippen molar-refractivity contribution in [3.8, 4) is 0 Å². The van der Waals surface area contributed by atoms with Crippen LogP contribution in [0.2, 0.25) is 0 Å². The van der Waals surface area contributed by atoms with Crippen LogP contribution in [0.4, 0.5) is 16.4 Å². The SMILES string of the molecule is CCOC(=O)N1CCN(c2ccc(NC(=O)C3CCCO3)nn2)CC1. The molecule has 2 aliphatic heterocycles. The first-order valence-corrected chi connectivity index (χ1v) is 8.60. The summed E-state index contributed by atoms with van der Waals surface area (Å²) in [5, 5.41) is 11.0. The summed E-state index contributed by atoms with van der Waals surface area (Å²) in [6.07, 6.45) is 0.973. The van der Waals surface area contributed by atoms with Crippen LogP contribution >= 0.6 is 0 Å². The van der Waals surface area contributed by atoms with Gasteiger partial charge >= 0.3 is 6.09 Å². The number of ether oxygens (including phenoxy) is 2. The van der Waals surface area contributed by atoms with Crippen molar-refractivity contribution >= 4 is 23.6 Å². The zero-order valence-corrected chi connectivity index (χ0v) is 14.3. The number of rotatable bonds is 4. The Balaban J connectivity index is 1.51. The molecule has 9 nitrogen and oxygen atoms in total. The second kappa shape index (κ2) is 8.11. The van der Waals surface area contributed by atoms with Gasteiger partial charge in [-0.2, -0.15) is 0 Å². The van der Waals surface area contributed by atoms with Crippen molar-refractivity contribution in [1.29, 1.82) is 0 Å². The lowest BCUT2D eigenvalue weighted by Crippen LogP contribution is -2.49. The lowest BCUT2D eigenvalue weighted by molar-refractivity contribution is -0.124. The largest absolute Gasteiger partial charge is 0.450 e. The Bertz CT molecular complexity index is 595. The van der Waals surface area contributed by atoms with Crippen LogP contribution in [-0.2, 0) is 14.3 Å². The maximum Gasteiger partial charge on any atom is 0.409 e. The van der Waals surface area contributed by atoms with Gasteiger partial charge in [-0.15, -0.1) is 10.2 Å². The Hall–Kier alpha value is -2.42. The van der Waals surface area contributed by atoms with E-state index in [1.54, 1.807) is 17.9 Å². The first-order chi connectivity index (χ1) is 12.2. The third kappa shape index (κ3) is 4.36. The van der Waals surface area contributed by atoms with Crippen LogP contribution in [0, 0.1) is 0 Å². The number of amides is 2. The third-order valence-corrected chi connectivity index (χ3v) is 4.25. The normalized spacial score (nSPS) is 20.4. The van der Waals surface area contributed by atoms with E-state index in [-0.39, 0.29) is 12.0 Å². The van der Waals surface area contributed by atoms with E-state index >= 15 is 0 Å². The van der Waals surface area contributed by atoms with Crippen molar-refractivity contribution in [3.05, 3.63) is 12.1 Å². The van der Waals surface area contributed by atoms with Gasteiger partial charge in [0.2, 0.25) is 0 Å². The Kier molecular flexibility index (Phi) is 5.64. The number of nitrogens with one attached hydrogen (secondary N) is 1. The standard InChI is InChI=1S/C16H23N5O4/c1-2-24-16(23)21-9-7-20(8-10-21)14-6-5-13(18-19-14)17-15(22)12-4-3-11-25-12/h5-6,12H,2-4,7-11H2,1H3,(H,17,18,22). The van der Waals surface area contributed by atoms with Crippen LogP contribution in [0.5, 0.6) is 0 Å². The van der Waals surface area contributed by atoms with Gasteiger partial charge in [-0.1, -0.05) is 0 Å². The number of anilines is 2. The first-order valence-electron chi connectivity index (χ1n) is 8.60. The lowest BCUT2D eigenvalue weighted by Gasteiger charge is -2.34. The molecule has 0 radical (unpaired) electrons. The van der Waals surface area contributed by atoms with E-state index in [1.807, 2.05) is 6.07 Å². The summed E-state index contributed by atoms with van der Waals surface area (Å²) in [6.45, 7) is 5.28. The molecule has 0 bridgehead atoms. The summed E-state index contributed by atoms with van der Waals surface area (Å²) in [5.74, 6) is 0.954. The molecule has 1 N–H and O–H groups in total. The molecule has 2 amide bonds. The molecule has 1 aromatic heterocycles. The summed E-state index contributed by atoms with van der Waals surface area (Å²) < 4.78 is 10.3. The molecule has 0 aromatic carbocycles. The second-order valence-electron chi connectivity index (χ2n) is 5.94. The van der Waals surface area contributed by atoms with Crippen molar-refractivity contribution < 1.29 is 19.1 Å². The smallest absolute Gasteiger partial charge is 0.409 e. The molecule has 0 saturated carbocycles. The predicted octanol–water partition coefficient (Wildman–Crippen LogP) is 0.873. The number of piperazine rings is 1. The summed E-state index contributed by atoms with van der Waals surface area (Å²) in [5.41, 5.74) is 0. The van der Waals surface area contributed by atoms with Crippen LogP contribution in [0.3, 0.4) is 0 Å². The van der Waals surface area contributed by atoms with Crippen molar-refractivity contribution in [2.24, 2.45) is 0 Å². The van der Waals surface area contributed by atoms with Crippen LogP contribution in [0.25, 0.3) is 0 Å². The number of hydrogen-bond donors (Lipinski definition) is 1. The molecular formula is C16H23N5O4. The summed E-state index contributed by atoms with van der Waals surface area (Å²) in [7, 11) is 0. The highest BCUT2D eigenvalue weighted by atomic mass is 16.6. The van der Waals surface area contributed by atoms with E-state index in [2.05, 4.69) is 20.4 Å². The molecule has 1 atom stereocenters. The fraction of sp³-hybridized carbons (Fsp3) is 0.625. The summed E-state index contributed by atoms with van der Waals surface area (Å²) in [6, 6.07) is 3.55. The predicted molar refractivity (Wildman–Crippen MR) is 90.4 cm³/mol. The van der Waals surface area contributed by atoms with Crippen LogP contribution in [0.15, 0.2) is 12.1 Å². The molecule has 3 heterocycles. The Morgan fingerprint density at radius 1 is 1.28 bits per heavy atom. The van der Waals surface area contributed by atoms with Gasteiger partial charge in [-0.05, 0) is 31.9 Å². The van der Waals surface area contributed by atoms with E-state index in [4.69, 9.17) is 9.47 Å². The number of aromatic nitrogens is 2. The average Bonchev–Trinajstić information content (AvgIpc) is 3.18. The highest BCUT2D eigenvalue weighted by molar-refractivity contribution is 5.93. The minimum atomic E-state index is -0.391. The topological polar surface area (TPSA) is 96.9 Å². The maximum atomic E-state index is 12.0. The van der Waals surface area contributed by atoms with E-state index in [0.717, 1.165) is 18.7 Å². The van der Waals surface area contributed by atoms with E-state index in [1.165, 1.54) is 0 Å². The molecule has 25 heavy (non-hydrogen) atoms. The highest BCUT2D eigenvalue weighted by Crippen LogP contribution is 2.17. The van der Waals surface area contributed by atoms with Gasteiger partial charge < -0.3 is 24.6 Å². The minimum Gasteiger partial charge on any atom is -0.450 e. The van der Waals surface area contributed by atoms with Crippen LogP contribution in [0.1, 0.15) is 19.8 Å². The lowest BCUT2D eigenvalue weighted by atomic mass is 10.2. The minimum absolute atomic E-state index is 0.178. The molecule has 2 fully saturated rings. The number of carbonyl (C=O) groups excluding carboxylic acids is 2. The molecule has 1 unspecified atom stereocenters. The number of hydrogen-bond acceptors (Lipinski definition) is 7. The molecule has 1 aromatic rings. The Morgan fingerprint density at radius 2 is 2.08 bits per heavy atom. The van der Waals surface area contributed by atoms with Gasteiger partial charge in [0.25, 0.3) is 5.91 Å². The summed E-state index contributed by atoms with van der Waals surface area (Å²) >= 11 is 0. The molecule has 3 rings (SSSR count). The van der Waals surface area contributed by atoms with Gasteiger partial charge in [0.05, 0.1) is 6.61 Å². The quantitative estimate of drug-likeness (QED) is 0.861. The van der Waals surface area contributed by atoms with Crippen molar-refractivity contribution in [1.82, 2.24) is 15.1 Å². The van der Waals surface area contributed by atoms with Gasteiger partial charge in [-0.3, -0.25) is 4.79 Å². The molecule has 136 valence electrons. The van der Waals surface area contributed by atoms with E-state index in [9.17, 15) is 9.59 Å². The number of nitrogens with zero attached hydrogens (tertiary/aromatic N) is 4. The highest BCUT2D eigenvalue weighted by Gasteiger charge is 2.25. The molecule has 0 aliphatic carbocycles. The third-order valence-electron chi connectivity index (χ3n) is 4.25. The van der Waals surface area contributed by atoms with Gasteiger partial charge in [0.1, 0.15) is 6.10 Å². The molecular weight excluding hydrogens is 326 g/mol. The van der Waals surface area contributed by atoms with Crippen molar-refractivity contribution in [2.75, 3.05) is 49.6 Å². The van der Waals surface area contributed by atoms with Crippen molar-refractivity contribution in [3.63, 3.8) is 0 Å². The Morgan fingerprint density at radius 3 is 2.68 bits per heavy atom. The fourth-order valence-corrected chi connectivity index (χ4v) is 2.88. The van der Waals surface area contributed by atoms with Gasteiger partial charge in [0, 0.05) is 32.8 Å². The molecule has 9 heteroatoms. The zero-order chi connectivity index (χ0) is 17.6. The molecule has 2 saturated heterocycles. The zero-order valence-electron chi connectivity index (χ0n) is 14.3. The average molecular weight is 349 g/mol. The van der Waals surface area contributed by atoms with E-state index < -0.39 is 6.10 Å². The van der Waals surface area contributed by atoms with Gasteiger partial charge in [0.15, 0.2) is 11.6 Å². The molecule has 0 spiro atoms. The van der Waals surface area contributed by atoms with Crippen molar-refractivity contribution in [2.45, 2.75) is 25.9 Å². The monoisotopic (exact) mass is 349 g/mol. The Labute approximate surface area is 146 Å². The molecule has 2 aliphatic rings. The van der Waals surface area contributed by atoms with Crippen LogP contribution in [-0.4, -0.2) is 72.6 Å². The second-order valence-corrected chi connectivity index (χ2v) is 5.94. The van der Waals surface area contributed by atoms with Gasteiger partial charge in [-0.25, -0.2) is 4.79 Å². The number of carbonyl (C=O) groups is 2. The maximum absolute atomic E-state index is 12.0. The van der Waals surface area contributed by atoms with E-state index in [0.29, 0.717) is 45.2 Å².